The van der Waals surface area contributed by atoms with E-state index in [1.165, 1.54) is 6.92 Å². The second-order valence-electron chi connectivity index (χ2n) is 4.92. The molecule has 1 aromatic carbocycles. The van der Waals surface area contributed by atoms with Gasteiger partial charge in [0.2, 0.25) is 11.8 Å². The summed E-state index contributed by atoms with van der Waals surface area (Å²) in [6.07, 6.45) is 2.65. The Morgan fingerprint density at radius 3 is 2.64 bits per heavy atom. The summed E-state index contributed by atoms with van der Waals surface area (Å²) in [5.74, 6) is 0.588. The average molecular weight is 346 g/mol. The molecule has 0 aromatic heterocycles. The van der Waals surface area contributed by atoms with Gasteiger partial charge in [-0.15, -0.1) is 12.4 Å². The summed E-state index contributed by atoms with van der Waals surface area (Å²) >= 11 is 1.67. The van der Waals surface area contributed by atoms with Crippen LogP contribution in [0.25, 0.3) is 0 Å². The molecule has 0 saturated carbocycles. The van der Waals surface area contributed by atoms with Crippen LogP contribution in [-0.2, 0) is 9.59 Å². The van der Waals surface area contributed by atoms with E-state index in [4.69, 9.17) is 5.73 Å². The maximum atomic E-state index is 12.0. The molecule has 4 N–H and O–H groups in total. The maximum Gasteiger partial charge on any atom is 0.237 e. The van der Waals surface area contributed by atoms with E-state index in [2.05, 4.69) is 10.6 Å². The Hall–Kier alpha value is -1.24. The van der Waals surface area contributed by atoms with E-state index in [1.54, 1.807) is 11.8 Å². The van der Waals surface area contributed by atoms with Crippen molar-refractivity contribution in [2.24, 2.45) is 5.73 Å². The van der Waals surface area contributed by atoms with Gasteiger partial charge in [-0.05, 0) is 43.0 Å². The van der Waals surface area contributed by atoms with Crippen molar-refractivity contribution >= 4 is 41.7 Å². The molecule has 1 rings (SSSR count). The molecule has 0 heterocycles. The molecule has 2 amide bonds. The Kier molecular flexibility index (Phi) is 9.89. The van der Waals surface area contributed by atoms with E-state index in [9.17, 15) is 9.59 Å². The number of thioether (sulfide) groups is 1. The molecule has 0 aliphatic carbocycles. The fourth-order valence-electron chi connectivity index (χ4n) is 1.87. The quantitative estimate of drug-likeness (QED) is 0.708. The van der Waals surface area contributed by atoms with Crippen LogP contribution in [0.1, 0.15) is 31.9 Å². The lowest BCUT2D eigenvalue weighted by molar-refractivity contribution is -0.123. The van der Waals surface area contributed by atoms with E-state index in [1.807, 2.05) is 37.4 Å². The molecule has 1 unspecified atom stereocenters. The van der Waals surface area contributed by atoms with Crippen molar-refractivity contribution in [3.8, 4) is 0 Å². The zero-order valence-corrected chi connectivity index (χ0v) is 14.7. The molecule has 5 nitrogen and oxygen atoms in total. The predicted molar refractivity (Wildman–Crippen MR) is 95.5 cm³/mol. The lowest BCUT2D eigenvalue weighted by atomic mass is 10.1. The van der Waals surface area contributed by atoms with Crippen molar-refractivity contribution in [2.75, 3.05) is 17.3 Å². The molecule has 0 aliphatic heterocycles. The number of nitrogens with two attached hydrogens (primary N) is 1. The fraction of sp³-hybridized carbons (Fsp3) is 0.467. The third-order valence-electron chi connectivity index (χ3n) is 3.04. The molecule has 22 heavy (non-hydrogen) atoms. The van der Waals surface area contributed by atoms with Gasteiger partial charge < -0.3 is 16.4 Å². The van der Waals surface area contributed by atoms with Gasteiger partial charge in [0.05, 0.1) is 12.1 Å². The topological polar surface area (TPSA) is 84.2 Å². The Morgan fingerprint density at radius 2 is 2.05 bits per heavy atom. The van der Waals surface area contributed by atoms with Crippen LogP contribution in [0.3, 0.4) is 0 Å². The van der Waals surface area contributed by atoms with Crippen molar-refractivity contribution in [3.63, 3.8) is 0 Å². The normalized spacial score (nSPS) is 12.7. The van der Waals surface area contributed by atoms with E-state index < -0.39 is 6.04 Å². The van der Waals surface area contributed by atoms with Crippen LogP contribution in [0, 0.1) is 0 Å². The molecular formula is C15H24ClN3O2S. The van der Waals surface area contributed by atoms with Gasteiger partial charge in [0.25, 0.3) is 0 Å². The largest absolute Gasteiger partial charge is 0.348 e. The number of carbonyl (C=O) groups excluding carboxylic acids is 2. The van der Waals surface area contributed by atoms with E-state index in [0.29, 0.717) is 12.1 Å². The van der Waals surface area contributed by atoms with E-state index in [0.717, 1.165) is 11.3 Å². The number of rotatable bonds is 7. The van der Waals surface area contributed by atoms with Gasteiger partial charge in [0, 0.05) is 12.6 Å². The fourth-order valence-corrected chi connectivity index (χ4v) is 2.36. The SMILES string of the molecule is CSCC[C@H](N)C(=O)NC(C)c1cccc(NC(C)=O)c1.Cl. The lowest BCUT2D eigenvalue weighted by Gasteiger charge is -2.18. The third kappa shape index (κ3) is 7.15. The highest BCUT2D eigenvalue weighted by molar-refractivity contribution is 7.98. The van der Waals surface area contributed by atoms with E-state index >= 15 is 0 Å². The summed E-state index contributed by atoms with van der Waals surface area (Å²) < 4.78 is 0. The highest BCUT2D eigenvalue weighted by Crippen LogP contribution is 2.17. The van der Waals surface area contributed by atoms with Gasteiger partial charge >= 0.3 is 0 Å². The number of carbonyl (C=O) groups is 2. The van der Waals surface area contributed by atoms with Crippen LogP contribution >= 0.6 is 24.2 Å². The molecule has 1 aromatic rings. The summed E-state index contributed by atoms with van der Waals surface area (Å²) in [5, 5.41) is 5.62. The number of amides is 2. The minimum Gasteiger partial charge on any atom is -0.348 e. The summed E-state index contributed by atoms with van der Waals surface area (Å²) in [6, 6.07) is 6.76. The zero-order valence-electron chi connectivity index (χ0n) is 13.1. The number of hydrogen-bond acceptors (Lipinski definition) is 4. The Labute approximate surface area is 142 Å². The molecule has 0 aliphatic rings. The van der Waals surface area contributed by atoms with Gasteiger partial charge in [-0.2, -0.15) is 11.8 Å². The second-order valence-corrected chi connectivity index (χ2v) is 5.91. The van der Waals surface area contributed by atoms with Crippen LogP contribution in [0.15, 0.2) is 24.3 Å². The van der Waals surface area contributed by atoms with Crippen LogP contribution in [-0.4, -0.2) is 29.9 Å². The first-order valence-corrected chi connectivity index (χ1v) is 8.26. The van der Waals surface area contributed by atoms with E-state index in [-0.39, 0.29) is 30.3 Å². The van der Waals surface area contributed by atoms with Crippen LogP contribution in [0.5, 0.6) is 0 Å². The summed E-state index contributed by atoms with van der Waals surface area (Å²) in [5.41, 5.74) is 7.48. The Morgan fingerprint density at radius 1 is 1.36 bits per heavy atom. The molecule has 0 radical (unpaired) electrons. The number of hydrogen-bond donors (Lipinski definition) is 3. The highest BCUT2D eigenvalue weighted by atomic mass is 35.5. The second kappa shape index (κ2) is 10.5. The minimum atomic E-state index is -0.488. The third-order valence-corrected chi connectivity index (χ3v) is 3.68. The highest BCUT2D eigenvalue weighted by Gasteiger charge is 2.16. The first kappa shape index (κ1) is 20.8. The molecule has 0 spiro atoms. The van der Waals surface area contributed by atoms with Crippen molar-refractivity contribution in [2.45, 2.75) is 32.4 Å². The molecule has 0 fully saturated rings. The van der Waals surface area contributed by atoms with Crippen molar-refractivity contribution < 1.29 is 9.59 Å². The number of anilines is 1. The molecular weight excluding hydrogens is 322 g/mol. The van der Waals surface area contributed by atoms with Gasteiger partial charge in [-0.25, -0.2) is 0 Å². The van der Waals surface area contributed by atoms with Crippen LogP contribution < -0.4 is 16.4 Å². The monoisotopic (exact) mass is 345 g/mol. The number of nitrogens with one attached hydrogen (secondary N) is 2. The molecule has 0 saturated heterocycles. The number of halogens is 1. The minimum absolute atomic E-state index is 0. The van der Waals surface area contributed by atoms with Crippen molar-refractivity contribution in [1.29, 1.82) is 0 Å². The summed E-state index contributed by atoms with van der Waals surface area (Å²) in [4.78, 5) is 23.0. The molecule has 124 valence electrons. The van der Waals surface area contributed by atoms with Crippen molar-refractivity contribution in [3.05, 3.63) is 29.8 Å². The summed E-state index contributed by atoms with van der Waals surface area (Å²) in [7, 11) is 0. The smallest absolute Gasteiger partial charge is 0.237 e. The zero-order chi connectivity index (χ0) is 15.8. The lowest BCUT2D eigenvalue weighted by Crippen LogP contribution is -2.41. The van der Waals surface area contributed by atoms with Crippen LogP contribution in [0.2, 0.25) is 0 Å². The Balaban J connectivity index is 0.00000441. The van der Waals surface area contributed by atoms with Crippen molar-refractivity contribution in [1.82, 2.24) is 5.32 Å². The predicted octanol–water partition coefficient (Wildman–Crippen LogP) is 2.32. The Bertz CT molecular complexity index is 499. The van der Waals surface area contributed by atoms with Gasteiger partial charge in [-0.3, -0.25) is 9.59 Å². The first-order valence-electron chi connectivity index (χ1n) is 6.86. The van der Waals surface area contributed by atoms with Gasteiger partial charge in [0.15, 0.2) is 0 Å². The van der Waals surface area contributed by atoms with Gasteiger partial charge in [0.1, 0.15) is 0 Å². The average Bonchev–Trinajstić information content (AvgIpc) is 2.44. The summed E-state index contributed by atoms with van der Waals surface area (Å²) in [6.45, 7) is 3.36. The maximum absolute atomic E-state index is 12.0. The van der Waals surface area contributed by atoms with Crippen LogP contribution in [0.4, 0.5) is 5.69 Å². The molecule has 2 atom stereocenters. The molecule has 7 heteroatoms. The van der Waals surface area contributed by atoms with Gasteiger partial charge in [-0.1, -0.05) is 12.1 Å². The standard InChI is InChI=1S/C15H23N3O2S.ClH/c1-10(17-15(20)14(16)7-8-21-3)12-5-4-6-13(9-12)18-11(2)19;/h4-6,9-10,14H,7-8,16H2,1-3H3,(H,17,20)(H,18,19);1H/t10?,14-;/m0./s1. The number of benzene rings is 1. The first-order chi connectivity index (χ1) is 9.93. The molecule has 0 bridgehead atoms.